The Morgan fingerprint density at radius 3 is 2.42 bits per heavy atom. The summed E-state index contributed by atoms with van der Waals surface area (Å²) in [6.45, 7) is 7.80. The first-order valence-corrected chi connectivity index (χ1v) is 4.85. The van der Waals surface area contributed by atoms with Gasteiger partial charge < -0.3 is 5.32 Å². The van der Waals surface area contributed by atoms with E-state index in [4.69, 9.17) is 0 Å². The summed E-state index contributed by atoms with van der Waals surface area (Å²) in [6.07, 6.45) is 2.34. The van der Waals surface area contributed by atoms with E-state index in [-0.39, 0.29) is 5.41 Å². The van der Waals surface area contributed by atoms with Crippen LogP contribution in [0.1, 0.15) is 40.0 Å². The molecule has 1 atom stereocenters. The number of alkyl halides is 1. The molecule has 1 N–H and O–H groups in total. The van der Waals surface area contributed by atoms with Gasteiger partial charge in [-0.3, -0.25) is 0 Å². The van der Waals surface area contributed by atoms with Gasteiger partial charge in [-0.15, -0.1) is 0 Å². The third-order valence-corrected chi connectivity index (χ3v) is 2.97. The quantitative estimate of drug-likeness (QED) is 0.593. The van der Waals surface area contributed by atoms with Gasteiger partial charge in [-0.05, 0) is 37.8 Å². The Morgan fingerprint density at radius 1 is 1.17 bits per heavy atom. The molecule has 1 saturated heterocycles. The van der Waals surface area contributed by atoms with E-state index in [0.717, 1.165) is 19.5 Å². The van der Waals surface area contributed by atoms with Crippen molar-refractivity contribution in [3.8, 4) is 0 Å². The van der Waals surface area contributed by atoms with Crippen LogP contribution in [0.2, 0.25) is 0 Å². The average molecular weight is 173 g/mol. The molecule has 2 heteroatoms. The van der Waals surface area contributed by atoms with Crippen molar-refractivity contribution in [2.75, 3.05) is 13.1 Å². The van der Waals surface area contributed by atoms with Gasteiger partial charge in [0.15, 0.2) is 0 Å². The van der Waals surface area contributed by atoms with Crippen molar-refractivity contribution in [3.05, 3.63) is 0 Å². The van der Waals surface area contributed by atoms with Gasteiger partial charge in [0.2, 0.25) is 0 Å². The zero-order valence-corrected chi connectivity index (χ0v) is 8.41. The van der Waals surface area contributed by atoms with Crippen molar-refractivity contribution < 1.29 is 4.39 Å². The molecule has 0 aromatic carbocycles. The predicted molar refractivity (Wildman–Crippen MR) is 50.0 cm³/mol. The minimum Gasteiger partial charge on any atom is -0.317 e. The molecule has 0 bridgehead atoms. The fourth-order valence-electron chi connectivity index (χ4n) is 1.78. The number of rotatable bonds is 0. The molecule has 0 amide bonds. The summed E-state index contributed by atoms with van der Waals surface area (Å²) in [5.74, 6) is 0. The summed E-state index contributed by atoms with van der Waals surface area (Å²) in [4.78, 5) is 0. The first-order valence-electron chi connectivity index (χ1n) is 4.85. The molecular weight excluding hydrogens is 153 g/mol. The SMILES string of the molecule is CC(C)(C)C1(F)CCCNCC1. The standard InChI is InChI=1S/C10H20FN/c1-9(2,3)10(11)5-4-7-12-8-6-10/h12H,4-8H2,1-3H3. The van der Waals surface area contributed by atoms with E-state index >= 15 is 0 Å². The predicted octanol–water partition coefficient (Wildman–Crippen LogP) is 2.51. The highest BCUT2D eigenvalue weighted by Crippen LogP contribution is 2.41. The van der Waals surface area contributed by atoms with Crippen LogP contribution in [0.5, 0.6) is 0 Å². The highest BCUT2D eigenvalue weighted by molar-refractivity contribution is 4.92. The van der Waals surface area contributed by atoms with Crippen molar-refractivity contribution in [2.24, 2.45) is 5.41 Å². The lowest BCUT2D eigenvalue weighted by molar-refractivity contribution is 0.0173. The molecule has 1 unspecified atom stereocenters. The summed E-state index contributed by atoms with van der Waals surface area (Å²) >= 11 is 0. The Labute approximate surface area is 74.7 Å². The van der Waals surface area contributed by atoms with E-state index in [1.54, 1.807) is 0 Å². The Kier molecular flexibility index (Phi) is 2.77. The Bertz CT molecular complexity index is 140. The number of halogens is 1. The van der Waals surface area contributed by atoms with E-state index < -0.39 is 5.67 Å². The highest BCUT2D eigenvalue weighted by Gasteiger charge is 2.41. The molecule has 1 aliphatic rings. The van der Waals surface area contributed by atoms with Gasteiger partial charge in [0.25, 0.3) is 0 Å². The minimum absolute atomic E-state index is 0.209. The smallest absolute Gasteiger partial charge is 0.117 e. The molecule has 0 radical (unpaired) electrons. The third kappa shape index (κ3) is 1.98. The van der Waals surface area contributed by atoms with Crippen LogP contribution in [0.3, 0.4) is 0 Å². The zero-order chi connectivity index (χ0) is 9.24. The third-order valence-electron chi connectivity index (χ3n) is 2.97. The van der Waals surface area contributed by atoms with Crippen molar-refractivity contribution in [1.82, 2.24) is 5.32 Å². The van der Waals surface area contributed by atoms with Gasteiger partial charge in [0.05, 0.1) is 0 Å². The van der Waals surface area contributed by atoms with Crippen LogP contribution in [0.15, 0.2) is 0 Å². The zero-order valence-electron chi connectivity index (χ0n) is 8.41. The van der Waals surface area contributed by atoms with E-state index in [0.29, 0.717) is 12.8 Å². The van der Waals surface area contributed by atoms with Crippen molar-refractivity contribution in [1.29, 1.82) is 0 Å². The van der Waals surface area contributed by atoms with Gasteiger partial charge in [-0.1, -0.05) is 20.8 Å². The summed E-state index contributed by atoms with van der Waals surface area (Å²) < 4.78 is 14.3. The van der Waals surface area contributed by atoms with Crippen molar-refractivity contribution >= 4 is 0 Å². The summed E-state index contributed by atoms with van der Waals surface area (Å²) in [6, 6.07) is 0. The molecule has 1 fully saturated rings. The molecular formula is C10H20FN. The first kappa shape index (κ1) is 9.97. The van der Waals surface area contributed by atoms with Crippen LogP contribution < -0.4 is 5.32 Å². The highest BCUT2D eigenvalue weighted by atomic mass is 19.1. The van der Waals surface area contributed by atoms with Gasteiger partial charge in [0, 0.05) is 0 Å². The number of hydrogen-bond donors (Lipinski definition) is 1. The maximum absolute atomic E-state index is 14.3. The maximum Gasteiger partial charge on any atom is 0.117 e. The molecule has 0 saturated carbocycles. The van der Waals surface area contributed by atoms with Gasteiger partial charge in [0.1, 0.15) is 5.67 Å². The van der Waals surface area contributed by atoms with E-state index in [1.165, 1.54) is 0 Å². The lowest BCUT2D eigenvalue weighted by atomic mass is 9.74. The fourth-order valence-corrected chi connectivity index (χ4v) is 1.78. The van der Waals surface area contributed by atoms with Gasteiger partial charge in [-0.25, -0.2) is 4.39 Å². The second-order valence-electron chi connectivity index (χ2n) is 4.82. The monoisotopic (exact) mass is 173 g/mol. The van der Waals surface area contributed by atoms with Crippen LogP contribution in [-0.4, -0.2) is 18.8 Å². The summed E-state index contributed by atoms with van der Waals surface area (Å²) in [5.41, 5.74) is -1.17. The average Bonchev–Trinajstić information content (AvgIpc) is 2.12. The van der Waals surface area contributed by atoms with Crippen LogP contribution >= 0.6 is 0 Å². The lowest BCUT2D eigenvalue weighted by Crippen LogP contribution is -2.39. The van der Waals surface area contributed by atoms with Crippen LogP contribution in [-0.2, 0) is 0 Å². The van der Waals surface area contributed by atoms with Gasteiger partial charge >= 0.3 is 0 Å². The first-order chi connectivity index (χ1) is 5.46. The molecule has 12 heavy (non-hydrogen) atoms. The minimum atomic E-state index is -0.962. The second-order valence-corrected chi connectivity index (χ2v) is 4.82. The normalized spacial score (nSPS) is 33.0. The molecule has 0 aromatic rings. The number of nitrogens with one attached hydrogen (secondary N) is 1. The van der Waals surface area contributed by atoms with E-state index in [9.17, 15) is 4.39 Å². The molecule has 0 aliphatic carbocycles. The van der Waals surface area contributed by atoms with Crippen LogP contribution in [0, 0.1) is 5.41 Å². The second kappa shape index (κ2) is 3.33. The van der Waals surface area contributed by atoms with Crippen LogP contribution in [0.25, 0.3) is 0 Å². The molecule has 1 heterocycles. The Morgan fingerprint density at radius 2 is 1.83 bits per heavy atom. The van der Waals surface area contributed by atoms with Crippen molar-refractivity contribution in [3.63, 3.8) is 0 Å². The summed E-state index contributed by atoms with van der Waals surface area (Å²) in [7, 11) is 0. The largest absolute Gasteiger partial charge is 0.317 e. The Balaban J connectivity index is 2.67. The van der Waals surface area contributed by atoms with E-state index in [2.05, 4.69) is 5.32 Å². The van der Waals surface area contributed by atoms with E-state index in [1.807, 2.05) is 20.8 Å². The van der Waals surface area contributed by atoms with Crippen LogP contribution in [0.4, 0.5) is 4.39 Å². The number of hydrogen-bond acceptors (Lipinski definition) is 1. The fraction of sp³-hybridized carbons (Fsp3) is 1.00. The molecule has 1 aliphatic heterocycles. The summed E-state index contributed by atoms with van der Waals surface area (Å²) in [5, 5.41) is 3.23. The molecule has 72 valence electrons. The topological polar surface area (TPSA) is 12.0 Å². The lowest BCUT2D eigenvalue weighted by Gasteiger charge is -2.37. The Hall–Kier alpha value is -0.110. The maximum atomic E-state index is 14.3. The molecule has 0 aromatic heterocycles. The molecule has 1 nitrogen and oxygen atoms in total. The van der Waals surface area contributed by atoms with Crippen molar-refractivity contribution in [2.45, 2.75) is 45.7 Å². The van der Waals surface area contributed by atoms with Gasteiger partial charge in [-0.2, -0.15) is 0 Å². The molecule has 0 spiro atoms. The molecule has 1 rings (SSSR count).